The first kappa shape index (κ1) is 15.7. The molecular weight excluding hydrogens is 337 g/mol. The maximum atomic E-state index is 13.1. The molecule has 3 aromatic rings. The lowest BCUT2D eigenvalue weighted by atomic mass is 10.3. The third kappa shape index (κ3) is 2.99. The molecular formula is C14H10FN5O3S. The van der Waals surface area contributed by atoms with Crippen LogP contribution in [0.25, 0.3) is 10.2 Å². The quantitative estimate of drug-likeness (QED) is 0.721. The van der Waals surface area contributed by atoms with Crippen molar-refractivity contribution in [1.82, 2.24) is 13.9 Å². The number of benzene rings is 1. The maximum absolute atomic E-state index is 13.1. The molecule has 0 atom stereocenters. The number of nitrogens with zero attached hydrogens (tertiary/aromatic N) is 3. The van der Waals surface area contributed by atoms with Crippen molar-refractivity contribution in [3.63, 3.8) is 0 Å². The highest BCUT2D eigenvalue weighted by Crippen LogP contribution is 2.16. The van der Waals surface area contributed by atoms with Crippen LogP contribution in [0, 0.1) is 5.82 Å². The van der Waals surface area contributed by atoms with E-state index >= 15 is 0 Å². The Hall–Kier alpha value is -3.14. The van der Waals surface area contributed by atoms with E-state index in [9.17, 15) is 18.8 Å². The van der Waals surface area contributed by atoms with E-state index in [2.05, 4.69) is 14.7 Å². The number of hydrogen-bond donors (Lipinski definition) is 2. The fourth-order valence-corrected chi connectivity index (χ4v) is 2.84. The highest BCUT2D eigenvalue weighted by Gasteiger charge is 2.17. The second kappa shape index (κ2) is 6.16. The third-order valence-corrected chi connectivity index (χ3v) is 3.93. The van der Waals surface area contributed by atoms with E-state index in [1.165, 1.54) is 18.2 Å². The molecule has 8 nitrogen and oxygen atoms in total. The zero-order valence-electron chi connectivity index (χ0n) is 12.0. The van der Waals surface area contributed by atoms with Crippen LogP contribution >= 0.6 is 11.5 Å². The second-order valence-electron chi connectivity index (χ2n) is 4.81. The summed E-state index contributed by atoms with van der Waals surface area (Å²) in [5.74, 6) is -1.80. The number of fused-ring (bicyclic) bond motifs is 1. The number of anilines is 1. The predicted octanol–water partition coefficient (Wildman–Crippen LogP) is 0.730. The van der Waals surface area contributed by atoms with Crippen LogP contribution in [0.5, 0.6) is 0 Å². The second-order valence-corrected chi connectivity index (χ2v) is 5.58. The SMILES string of the molecule is NC(=O)c1nsc2c(=O)n(CC(=O)Nc3cccc(F)c3)cnc12. The molecule has 0 spiro atoms. The average molecular weight is 347 g/mol. The lowest BCUT2D eigenvalue weighted by Gasteiger charge is -2.07. The number of rotatable bonds is 4. The number of nitrogens with one attached hydrogen (secondary N) is 1. The van der Waals surface area contributed by atoms with Gasteiger partial charge in [-0.25, -0.2) is 9.37 Å². The summed E-state index contributed by atoms with van der Waals surface area (Å²) in [6.07, 6.45) is 1.14. The lowest BCUT2D eigenvalue weighted by Crippen LogP contribution is -2.27. The van der Waals surface area contributed by atoms with Gasteiger partial charge in [-0.05, 0) is 29.7 Å². The van der Waals surface area contributed by atoms with E-state index in [0.717, 1.165) is 28.5 Å². The molecule has 0 fully saturated rings. The summed E-state index contributed by atoms with van der Waals surface area (Å²) in [6, 6.07) is 5.38. The fraction of sp³-hybridized carbons (Fsp3) is 0.0714. The Kier molecular flexibility index (Phi) is 4.04. The van der Waals surface area contributed by atoms with E-state index in [0.29, 0.717) is 0 Å². The Morgan fingerprint density at radius 2 is 2.17 bits per heavy atom. The van der Waals surface area contributed by atoms with Crippen molar-refractivity contribution in [3.05, 3.63) is 52.5 Å². The number of carbonyl (C=O) groups is 2. The largest absolute Gasteiger partial charge is 0.364 e. The summed E-state index contributed by atoms with van der Waals surface area (Å²) in [5.41, 5.74) is 4.94. The first-order valence-electron chi connectivity index (χ1n) is 6.66. The fourth-order valence-electron chi connectivity index (χ4n) is 2.05. The number of aromatic nitrogens is 3. The number of hydrogen-bond acceptors (Lipinski definition) is 6. The van der Waals surface area contributed by atoms with Gasteiger partial charge in [0.25, 0.3) is 11.5 Å². The van der Waals surface area contributed by atoms with Crippen LogP contribution in [0.2, 0.25) is 0 Å². The molecule has 0 saturated carbocycles. The zero-order valence-corrected chi connectivity index (χ0v) is 12.8. The van der Waals surface area contributed by atoms with Crippen molar-refractivity contribution in [1.29, 1.82) is 0 Å². The molecule has 2 heterocycles. The number of amides is 2. The molecule has 2 amide bonds. The Labute approximate surface area is 137 Å². The van der Waals surface area contributed by atoms with Crippen molar-refractivity contribution in [3.8, 4) is 0 Å². The van der Waals surface area contributed by atoms with E-state index in [-0.39, 0.29) is 28.1 Å². The summed E-state index contributed by atoms with van der Waals surface area (Å²) in [7, 11) is 0. The minimum Gasteiger partial charge on any atom is -0.364 e. The Morgan fingerprint density at radius 1 is 1.38 bits per heavy atom. The molecule has 0 aliphatic rings. The molecule has 0 aliphatic carbocycles. The molecule has 3 N–H and O–H groups in total. The number of halogens is 1. The van der Waals surface area contributed by atoms with E-state index in [1.807, 2.05) is 0 Å². The maximum Gasteiger partial charge on any atom is 0.273 e. The van der Waals surface area contributed by atoms with Crippen LogP contribution in [-0.2, 0) is 11.3 Å². The summed E-state index contributed by atoms with van der Waals surface area (Å²) >= 11 is 0.788. The van der Waals surface area contributed by atoms with Crippen molar-refractivity contribution < 1.29 is 14.0 Å². The highest BCUT2D eigenvalue weighted by atomic mass is 32.1. The molecule has 10 heteroatoms. The van der Waals surface area contributed by atoms with Crippen molar-refractivity contribution in [2.24, 2.45) is 5.73 Å². The number of carbonyl (C=O) groups excluding carboxylic acids is 2. The normalized spacial score (nSPS) is 10.7. The molecule has 24 heavy (non-hydrogen) atoms. The van der Waals surface area contributed by atoms with E-state index < -0.39 is 23.2 Å². The van der Waals surface area contributed by atoms with E-state index in [4.69, 9.17) is 5.73 Å². The summed E-state index contributed by atoms with van der Waals surface area (Å²) < 4.78 is 18.1. The molecule has 3 rings (SSSR count). The highest BCUT2D eigenvalue weighted by molar-refractivity contribution is 7.13. The molecule has 0 unspecified atom stereocenters. The minimum atomic E-state index is -0.783. The van der Waals surface area contributed by atoms with E-state index in [1.54, 1.807) is 0 Å². The van der Waals surface area contributed by atoms with Crippen LogP contribution in [0.4, 0.5) is 10.1 Å². The summed E-state index contributed by atoms with van der Waals surface area (Å²) in [6.45, 7) is -0.317. The van der Waals surface area contributed by atoms with Crippen molar-refractivity contribution in [2.75, 3.05) is 5.32 Å². The van der Waals surface area contributed by atoms with Gasteiger partial charge in [-0.3, -0.25) is 19.0 Å². The standard InChI is InChI=1S/C14H10FN5O3S/c15-7-2-1-3-8(4-7)18-9(21)5-20-6-17-10-11(13(16)22)19-24-12(10)14(20)23/h1-4,6H,5H2,(H2,16,22)(H,18,21). The van der Waals surface area contributed by atoms with Crippen LogP contribution < -0.4 is 16.6 Å². The van der Waals surface area contributed by atoms with Gasteiger partial charge in [-0.15, -0.1) is 0 Å². The third-order valence-electron chi connectivity index (χ3n) is 3.10. The van der Waals surface area contributed by atoms with Crippen LogP contribution in [-0.4, -0.2) is 25.7 Å². The Morgan fingerprint density at radius 3 is 2.88 bits per heavy atom. The van der Waals surface area contributed by atoms with Gasteiger partial charge in [0.05, 0.1) is 6.33 Å². The van der Waals surface area contributed by atoms with Gasteiger partial charge in [0, 0.05) is 5.69 Å². The van der Waals surface area contributed by atoms with Gasteiger partial charge in [-0.2, -0.15) is 4.37 Å². The molecule has 0 saturated heterocycles. The number of primary amides is 1. The van der Waals surface area contributed by atoms with Gasteiger partial charge < -0.3 is 11.1 Å². The molecule has 2 aromatic heterocycles. The zero-order chi connectivity index (χ0) is 17.3. The van der Waals surface area contributed by atoms with Gasteiger partial charge in [0.1, 0.15) is 22.6 Å². The molecule has 1 aromatic carbocycles. The number of nitrogens with two attached hydrogens (primary N) is 1. The topological polar surface area (TPSA) is 120 Å². The molecule has 0 bridgehead atoms. The van der Waals surface area contributed by atoms with Gasteiger partial charge in [0.15, 0.2) is 5.69 Å². The van der Waals surface area contributed by atoms with Crippen LogP contribution in [0.1, 0.15) is 10.5 Å². The first-order valence-corrected chi connectivity index (χ1v) is 7.43. The van der Waals surface area contributed by atoms with Gasteiger partial charge in [-0.1, -0.05) is 6.07 Å². The summed E-state index contributed by atoms with van der Waals surface area (Å²) in [5, 5.41) is 2.48. The summed E-state index contributed by atoms with van der Waals surface area (Å²) in [4.78, 5) is 39.5. The van der Waals surface area contributed by atoms with Crippen molar-refractivity contribution >= 4 is 39.3 Å². The molecule has 0 radical (unpaired) electrons. The van der Waals surface area contributed by atoms with Gasteiger partial charge in [0.2, 0.25) is 5.91 Å². The van der Waals surface area contributed by atoms with Crippen LogP contribution in [0.3, 0.4) is 0 Å². The lowest BCUT2D eigenvalue weighted by molar-refractivity contribution is -0.116. The Bertz CT molecular complexity index is 1010. The Balaban J connectivity index is 1.85. The van der Waals surface area contributed by atoms with Crippen LogP contribution in [0.15, 0.2) is 35.4 Å². The monoisotopic (exact) mass is 347 g/mol. The predicted molar refractivity (Wildman–Crippen MR) is 85.2 cm³/mol. The van der Waals surface area contributed by atoms with Crippen molar-refractivity contribution in [2.45, 2.75) is 6.54 Å². The molecule has 0 aliphatic heterocycles. The first-order chi connectivity index (χ1) is 11.5. The smallest absolute Gasteiger partial charge is 0.273 e. The van der Waals surface area contributed by atoms with Gasteiger partial charge >= 0.3 is 0 Å². The molecule has 122 valence electrons. The average Bonchev–Trinajstić information content (AvgIpc) is 2.95. The minimum absolute atomic E-state index is 0.0801.